The van der Waals surface area contributed by atoms with Crippen LogP contribution < -0.4 is 4.90 Å². The summed E-state index contributed by atoms with van der Waals surface area (Å²) in [6.45, 7) is 1.92. The van der Waals surface area contributed by atoms with Crippen molar-refractivity contribution in [2.24, 2.45) is 0 Å². The Labute approximate surface area is 152 Å². The fraction of sp³-hybridized carbons (Fsp3) is 0.111. The molecule has 0 saturated carbocycles. The van der Waals surface area contributed by atoms with Gasteiger partial charge >= 0.3 is 5.91 Å². The second-order valence-electron chi connectivity index (χ2n) is 5.81. The predicted octanol–water partition coefficient (Wildman–Crippen LogP) is 3.07. The topological polar surface area (TPSA) is 96.5 Å². The van der Waals surface area contributed by atoms with Gasteiger partial charge in [0.25, 0.3) is 5.78 Å². The molecule has 0 aliphatic carbocycles. The van der Waals surface area contributed by atoms with Crippen molar-refractivity contribution < 1.29 is 19.1 Å². The zero-order valence-electron chi connectivity index (χ0n) is 13.6. The van der Waals surface area contributed by atoms with Crippen LogP contribution >= 0.6 is 11.3 Å². The Bertz CT molecular complexity index is 992. The quantitative estimate of drug-likeness (QED) is 0.434. The highest BCUT2D eigenvalue weighted by Crippen LogP contribution is 2.42. The Hall–Kier alpha value is -3.26. The van der Waals surface area contributed by atoms with Gasteiger partial charge in [-0.2, -0.15) is 0 Å². The summed E-state index contributed by atoms with van der Waals surface area (Å²) in [5, 5.41) is 18.7. The number of Topliss-reactive ketones (excluding diaryl/α,β-unsaturated/α-hetero) is 1. The molecule has 26 heavy (non-hydrogen) atoms. The maximum atomic E-state index is 12.7. The molecule has 8 heteroatoms. The summed E-state index contributed by atoms with van der Waals surface area (Å²) in [5.41, 5.74) is 3.51. The first-order valence-corrected chi connectivity index (χ1v) is 8.62. The number of aromatic nitrogens is 2. The number of aliphatic hydroxyl groups is 1. The first-order chi connectivity index (χ1) is 12.6. The number of nitrogens with zero attached hydrogens (tertiary/aromatic N) is 3. The molecule has 0 spiro atoms. The molecule has 1 unspecified atom stereocenters. The van der Waals surface area contributed by atoms with Crippen molar-refractivity contribution in [2.45, 2.75) is 13.0 Å². The molecule has 1 amide bonds. The third-order valence-electron chi connectivity index (χ3n) is 4.18. The highest BCUT2D eigenvalue weighted by Gasteiger charge is 2.48. The molecule has 7 nitrogen and oxygen atoms in total. The summed E-state index contributed by atoms with van der Waals surface area (Å²) in [4.78, 5) is 26.6. The average Bonchev–Trinajstić information content (AvgIpc) is 3.37. The van der Waals surface area contributed by atoms with Gasteiger partial charge in [0.2, 0.25) is 5.13 Å². The van der Waals surface area contributed by atoms with Crippen molar-refractivity contribution in [1.82, 2.24) is 10.2 Å². The number of carbonyl (C=O) groups excluding carboxylic acids is 2. The fourth-order valence-electron chi connectivity index (χ4n) is 2.91. The van der Waals surface area contributed by atoms with Gasteiger partial charge in [-0.25, -0.2) is 0 Å². The van der Waals surface area contributed by atoms with E-state index in [2.05, 4.69) is 10.2 Å². The Morgan fingerprint density at radius 3 is 2.62 bits per heavy atom. The summed E-state index contributed by atoms with van der Waals surface area (Å²) < 4.78 is 5.13. The standard InChI is InChI=1S/C18H13N3O4S/c1-10-2-4-11(5-3-10)15(22)13-14(12-6-7-25-8-12)21(17(24)16(13)23)18-20-19-9-26-18/h2-9,14,22H,1H3/b15-13+. The molecule has 130 valence electrons. The van der Waals surface area contributed by atoms with E-state index in [1.165, 1.54) is 22.9 Å². The zero-order valence-corrected chi connectivity index (χ0v) is 14.4. The first-order valence-electron chi connectivity index (χ1n) is 7.74. The van der Waals surface area contributed by atoms with Gasteiger partial charge in [-0.15, -0.1) is 10.2 Å². The molecule has 1 fully saturated rings. The lowest BCUT2D eigenvalue weighted by Crippen LogP contribution is -2.29. The third-order valence-corrected chi connectivity index (χ3v) is 4.87. The van der Waals surface area contributed by atoms with Crippen molar-refractivity contribution in [3.8, 4) is 0 Å². The first kappa shape index (κ1) is 16.2. The van der Waals surface area contributed by atoms with E-state index < -0.39 is 17.7 Å². The van der Waals surface area contributed by atoms with Gasteiger partial charge in [0, 0.05) is 11.1 Å². The third kappa shape index (κ3) is 2.51. The van der Waals surface area contributed by atoms with Crippen molar-refractivity contribution in [2.75, 3.05) is 4.90 Å². The second kappa shape index (κ2) is 6.23. The number of benzene rings is 1. The summed E-state index contributed by atoms with van der Waals surface area (Å²) in [6, 6.07) is 7.87. The number of furan rings is 1. The van der Waals surface area contributed by atoms with Crippen LogP contribution in [0.4, 0.5) is 5.13 Å². The van der Waals surface area contributed by atoms with E-state index in [0.717, 1.165) is 16.9 Å². The van der Waals surface area contributed by atoms with Gasteiger partial charge in [0.1, 0.15) is 17.3 Å². The van der Waals surface area contributed by atoms with Crippen LogP contribution in [0.3, 0.4) is 0 Å². The van der Waals surface area contributed by atoms with Crippen molar-refractivity contribution in [3.63, 3.8) is 0 Å². The molecular weight excluding hydrogens is 354 g/mol. The Kier molecular flexibility index (Phi) is 3.89. The van der Waals surface area contributed by atoms with Crippen LogP contribution in [0.25, 0.3) is 5.76 Å². The number of carbonyl (C=O) groups is 2. The number of rotatable bonds is 3. The molecule has 0 bridgehead atoms. The van der Waals surface area contributed by atoms with Crippen molar-refractivity contribution >= 4 is 33.9 Å². The van der Waals surface area contributed by atoms with Gasteiger partial charge in [-0.3, -0.25) is 14.5 Å². The minimum atomic E-state index is -0.831. The van der Waals surface area contributed by atoms with Gasteiger partial charge in [-0.1, -0.05) is 41.2 Å². The molecule has 4 rings (SSSR count). The molecule has 1 atom stereocenters. The minimum absolute atomic E-state index is 0.00421. The summed E-state index contributed by atoms with van der Waals surface area (Å²) in [5.74, 6) is -1.77. The number of anilines is 1. The van der Waals surface area contributed by atoms with E-state index >= 15 is 0 Å². The van der Waals surface area contributed by atoms with Gasteiger partial charge in [0.15, 0.2) is 0 Å². The van der Waals surface area contributed by atoms with E-state index in [-0.39, 0.29) is 16.5 Å². The van der Waals surface area contributed by atoms with Crippen LogP contribution in [0.15, 0.2) is 58.4 Å². The maximum absolute atomic E-state index is 12.7. The molecule has 1 saturated heterocycles. The number of aliphatic hydroxyl groups excluding tert-OH is 1. The zero-order chi connectivity index (χ0) is 18.3. The lowest BCUT2D eigenvalue weighted by Gasteiger charge is -2.20. The largest absolute Gasteiger partial charge is 0.507 e. The van der Waals surface area contributed by atoms with Gasteiger partial charge in [0.05, 0.1) is 18.1 Å². The molecule has 3 heterocycles. The number of hydrogen-bond acceptors (Lipinski definition) is 7. The van der Waals surface area contributed by atoms with Crippen LogP contribution in [0.2, 0.25) is 0 Å². The van der Waals surface area contributed by atoms with Crippen LogP contribution in [-0.2, 0) is 9.59 Å². The van der Waals surface area contributed by atoms with Gasteiger partial charge < -0.3 is 9.52 Å². The highest BCUT2D eigenvalue weighted by molar-refractivity contribution is 7.13. The molecule has 1 N–H and O–H groups in total. The van der Waals surface area contributed by atoms with Gasteiger partial charge in [-0.05, 0) is 13.0 Å². The molecule has 1 aliphatic heterocycles. The number of ketones is 1. The smallest absolute Gasteiger partial charge is 0.301 e. The summed E-state index contributed by atoms with van der Waals surface area (Å²) >= 11 is 1.13. The van der Waals surface area contributed by atoms with Crippen LogP contribution in [0, 0.1) is 6.92 Å². The number of amides is 1. The normalized spacial score (nSPS) is 19.3. The van der Waals surface area contributed by atoms with E-state index in [4.69, 9.17) is 4.42 Å². The molecule has 1 aliphatic rings. The Morgan fingerprint density at radius 2 is 2.00 bits per heavy atom. The van der Waals surface area contributed by atoms with Crippen LogP contribution in [0.1, 0.15) is 22.7 Å². The Balaban J connectivity index is 1.92. The highest BCUT2D eigenvalue weighted by atomic mass is 32.1. The van der Waals surface area contributed by atoms with Crippen LogP contribution in [-0.4, -0.2) is 27.0 Å². The lowest BCUT2D eigenvalue weighted by molar-refractivity contribution is -0.132. The van der Waals surface area contributed by atoms with E-state index in [9.17, 15) is 14.7 Å². The number of aryl methyl sites for hydroxylation is 1. The van der Waals surface area contributed by atoms with Crippen molar-refractivity contribution in [1.29, 1.82) is 0 Å². The fourth-order valence-corrected chi connectivity index (χ4v) is 3.50. The molecule has 0 radical (unpaired) electrons. The number of hydrogen-bond donors (Lipinski definition) is 1. The molecular formula is C18H13N3O4S. The maximum Gasteiger partial charge on any atom is 0.301 e. The molecule has 3 aromatic rings. The summed E-state index contributed by atoms with van der Waals surface area (Å²) in [7, 11) is 0. The minimum Gasteiger partial charge on any atom is -0.507 e. The van der Waals surface area contributed by atoms with E-state index in [1.54, 1.807) is 18.2 Å². The van der Waals surface area contributed by atoms with E-state index in [1.807, 2.05) is 19.1 Å². The van der Waals surface area contributed by atoms with Crippen molar-refractivity contribution in [3.05, 3.63) is 70.6 Å². The SMILES string of the molecule is Cc1ccc(/C(O)=C2\C(=O)C(=O)N(c3nncs3)C2c2ccoc2)cc1. The van der Waals surface area contributed by atoms with Crippen LogP contribution in [0.5, 0.6) is 0 Å². The predicted molar refractivity (Wildman–Crippen MR) is 94.6 cm³/mol. The molecule has 1 aromatic carbocycles. The monoisotopic (exact) mass is 367 g/mol. The lowest BCUT2D eigenvalue weighted by atomic mass is 9.97. The second-order valence-corrected chi connectivity index (χ2v) is 6.62. The molecule has 2 aromatic heterocycles. The Morgan fingerprint density at radius 1 is 1.23 bits per heavy atom. The van der Waals surface area contributed by atoms with E-state index in [0.29, 0.717) is 11.1 Å². The summed E-state index contributed by atoms with van der Waals surface area (Å²) in [6.07, 6.45) is 2.88. The average molecular weight is 367 g/mol.